The maximum atomic E-state index is 10.7. The van der Waals surface area contributed by atoms with Gasteiger partial charge in [-0.25, -0.2) is 0 Å². The lowest BCUT2D eigenvalue weighted by atomic mass is 10.3. The second kappa shape index (κ2) is 3.51. The number of ether oxygens (including phenoxy) is 1. The zero-order chi connectivity index (χ0) is 10.9. The molecule has 5 heteroatoms. The van der Waals surface area contributed by atoms with Crippen LogP contribution in [0.1, 0.15) is 12.8 Å². The fraction of sp³-hybridized carbons (Fsp3) is 0.400. The maximum Gasteiger partial charge on any atom is 0.310 e. The maximum absolute atomic E-state index is 10.7. The first-order chi connectivity index (χ1) is 7.11. The van der Waals surface area contributed by atoms with Crippen LogP contribution in [0, 0.1) is 10.1 Å². The highest BCUT2D eigenvalue weighted by Gasteiger charge is 2.39. The summed E-state index contributed by atoms with van der Waals surface area (Å²) in [5.74, 6) is 0.291. The Morgan fingerprint density at radius 3 is 2.73 bits per heavy atom. The minimum atomic E-state index is -0.453. The van der Waals surface area contributed by atoms with Gasteiger partial charge in [-0.1, -0.05) is 12.1 Å². The molecule has 1 fully saturated rings. The summed E-state index contributed by atoms with van der Waals surface area (Å²) in [7, 11) is 0. The Morgan fingerprint density at radius 1 is 1.47 bits per heavy atom. The first kappa shape index (κ1) is 9.92. The molecule has 0 aromatic heterocycles. The van der Waals surface area contributed by atoms with Crippen LogP contribution in [-0.2, 0) is 0 Å². The molecule has 80 valence electrons. The molecule has 1 aliphatic rings. The van der Waals surface area contributed by atoms with E-state index in [9.17, 15) is 10.1 Å². The summed E-state index contributed by atoms with van der Waals surface area (Å²) in [6.45, 7) is 0.345. The highest BCUT2D eigenvalue weighted by Crippen LogP contribution is 2.34. The van der Waals surface area contributed by atoms with Crippen LogP contribution in [0.5, 0.6) is 5.75 Å². The Bertz CT molecular complexity index is 388. The molecule has 0 radical (unpaired) electrons. The number of nitro groups is 1. The van der Waals surface area contributed by atoms with Crippen molar-refractivity contribution in [3.8, 4) is 5.75 Å². The molecule has 1 aromatic rings. The summed E-state index contributed by atoms with van der Waals surface area (Å²) < 4.78 is 5.36. The number of rotatable bonds is 4. The molecule has 0 heterocycles. The van der Waals surface area contributed by atoms with Crippen molar-refractivity contribution in [1.82, 2.24) is 0 Å². The van der Waals surface area contributed by atoms with Crippen LogP contribution >= 0.6 is 0 Å². The molecule has 0 bridgehead atoms. The molecule has 2 N–H and O–H groups in total. The average Bonchev–Trinajstić information content (AvgIpc) is 2.95. The van der Waals surface area contributed by atoms with Crippen molar-refractivity contribution in [3.05, 3.63) is 34.4 Å². The minimum Gasteiger partial charge on any atom is -0.485 e. The largest absolute Gasteiger partial charge is 0.485 e. The molecule has 0 atom stereocenters. The van der Waals surface area contributed by atoms with E-state index in [1.807, 2.05) is 0 Å². The number of para-hydroxylation sites is 2. The van der Waals surface area contributed by atoms with Crippen LogP contribution in [0.15, 0.2) is 24.3 Å². The van der Waals surface area contributed by atoms with Crippen LogP contribution in [-0.4, -0.2) is 17.1 Å². The van der Waals surface area contributed by atoms with Crippen molar-refractivity contribution in [1.29, 1.82) is 0 Å². The van der Waals surface area contributed by atoms with Crippen LogP contribution in [0.4, 0.5) is 5.69 Å². The van der Waals surface area contributed by atoms with Gasteiger partial charge in [-0.05, 0) is 18.9 Å². The summed E-state index contributed by atoms with van der Waals surface area (Å²) in [5, 5.41) is 10.7. The molecule has 1 aromatic carbocycles. The van der Waals surface area contributed by atoms with E-state index in [-0.39, 0.29) is 11.2 Å². The number of nitro benzene ring substituents is 1. The lowest BCUT2D eigenvalue weighted by molar-refractivity contribution is -0.385. The summed E-state index contributed by atoms with van der Waals surface area (Å²) >= 11 is 0. The van der Waals surface area contributed by atoms with Crippen LogP contribution in [0.3, 0.4) is 0 Å². The van der Waals surface area contributed by atoms with Gasteiger partial charge in [-0.3, -0.25) is 10.1 Å². The van der Waals surface area contributed by atoms with Gasteiger partial charge in [0.1, 0.15) is 6.61 Å². The molecule has 0 saturated heterocycles. The predicted octanol–water partition coefficient (Wildman–Crippen LogP) is 1.46. The average molecular weight is 208 g/mol. The summed E-state index contributed by atoms with van der Waals surface area (Å²) in [5.41, 5.74) is 5.55. The van der Waals surface area contributed by atoms with Gasteiger partial charge in [0.25, 0.3) is 0 Å². The topological polar surface area (TPSA) is 78.4 Å². The van der Waals surface area contributed by atoms with E-state index >= 15 is 0 Å². The SMILES string of the molecule is NC1(COc2ccccc2[N+](=O)[O-])CC1. The zero-order valence-corrected chi connectivity index (χ0v) is 8.18. The molecule has 1 saturated carbocycles. The van der Waals surface area contributed by atoms with Crippen molar-refractivity contribution in [3.63, 3.8) is 0 Å². The fourth-order valence-electron chi connectivity index (χ4n) is 1.26. The third-order valence-electron chi connectivity index (χ3n) is 2.47. The molecule has 0 spiro atoms. The van der Waals surface area contributed by atoms with E-state index in [1.54, 1.807) is 18.2 Å². The standard InChI is InChI=1S/C10H12N2O3/c11-10(5-6-10)7-15-9-4-2-1-3-8(9)12(13)14/h1-4H,5-7,11H2. The molecular weight excluding hydrogens is 196 g/mol. The Morgan fingerprint density at radius 2 is 2.13 bits per heavy atom. The molecule has 2 rings (SSSR count). The first-order valence-electron chi connectivity index (χ1n) is 4.76. The second-order valence-electron chi connectivity index (χ2n) is 3.88. The Labute approximate surface area is 87.0 Å². The second-order valence-corrected chi connectivity index (χ2v) is 3.88. The van der Waals surface area contributed by atoms with Crippen LogP contribution < -0.4 is 10.5 Å². The monoisotopic (exact) mass is 208 g/mol. The van der Waals surface area contributed by atoms with Crippen molar-refractivity contribution in [2.75, 3.05) is 6.61 Å². The quantitative estimate of drug-likeness (QED) is 0.600. The summed E-state index contributed by atoms with van der Waals surface area (Å²) in [6.07, 6.45) is 1.85. The molecule has 1 aliphatic carbocycles. The molecule has 0 unspecified atom stereocenters. The van der Waals surface area contributed by atoms with E-state index in [0.29, 0.717) is 12.4 Å². The first-order valence-corrected chi connectivity index (χ1v) is 4.76. The van der Waals surface area contributed by atoms with Gasteiger partial charge in [0.05, 0.1) is 10.5 Å². The third-order valence-corrected chi connectivity index (χ3v) is 2.47. The van der Waals surface area contributed by atoms with E-state index < -0.39 is 4.92 Å². The summed E-state index contributed by atoms with van der Waals surface area (Å²) in [6, 6.07) is 6.33. The van der Waals surface area contributed by atoms with Gasteiger partial charge in [-0.2, -0.15) is 0 Å². The molecular formula is C10H12N2O3. The molecule has 0 aliphatic heterocycles. The van der Waals surface area contributed by atoms with Gasteiger partial charge in [0.15, 0.2) is 5.75 Å². The predicted molar refractivity (Wildman–Crippen MR) is 54.7 cm³/mol. The van der Waals surface area contributed by atoms with Gasteiger partial charge < -0.3 is 10.5 Å². The number of hydrogen-bond donors (Lipinski definition) is 1. The third kappa shape index (κ3) is 2.24. The van der Waals surface area contributed by atoms with Gasteiger partial charge >= 0.3 is 5.69 Å². The van der Waals surface area contributed by atoms with E-state index in [0.717, 1.165) is 12.8 Å². The van der Waals surface area contributed by atoms with Gasteiger partial charge in [0, 0.05) is 6.07 Å². The van der Waals surface area contributed by atoms with E-state index in [1.165, 1.54) is 6.07 Å². The van der Waals surface area contributed by atoms with E-state index in [2.05, 4.69) is 0 Å². The van der Waals surface area contributed by atoms with Crippen molar-refractivity contribution in [2.24, 2.45) is 5.73 Å². The fourth-order valence-corrected chi connectivity index (χ4v) is 1.26. The summed E-state index contributed by atoms with van der Waals surface area (Å²) in [4.78, 5) is 10.2. The Balaban J connectivity index is 2.09. The number of nitrogens with zero attached hydrogens (tertiary/aromatic N) is 1. The highest BCUT2D eigenvalue weighted by atomic mass is 16.6. The lowest BCUT2D eigenvalue weighted by Crippen LogP contribution is -2.29. The Hall–Kier alpha value is -1.62. The van der Waals surface area contributed by atoms with Gasteiger partial charge in [-0.15, -0.1) is 0 Å². The van der Waals surface area contributed by atoms with Crippen molar-refractivity contribution in [2.45, 2.75) is 18.4 Å². The number of benzene rings is 1. The van der Waals surface area contributed by atoms with E-state index in [4.69, 9.17) is 10.5 Å². The Kier molecular flexibility index (Phi) is 2.32. The lowest BCUT2D eigenvalue weighted by Gasteiger charge is -2.10. The minimum absolute atomic E-state index is 0.0123. The highest BCUT2D eigenvalue weighted by molar-refractivity contribution is 5.45. The normalized spacial score (nSPS) is 17.1. The van der Waals surface area contributed by atoms with Crippen molar-refractivity contribution >= 4 is 5.69 Å². The molecule has 0 amide bonds. The number of nitrogens with two attached hydrogens (primary N) is 1. The van der Waals surface area contributed by atoms with Crippen LogP contribution in [0.25, 0.3) is 0 Å². The smallest absolute Gasteiger partial charge is 0.310 e. The van der Waals surface area contributed by atoms with Crippen LogP contribution in [0.2, 0.25) is 0 Å². The number of hydrogen-bond acceptors (Lipinski definition) is 4. The zero-order valence-electron chi connectivity index (χ0n) is 8.18. The van der Waals surface area contributed by atoms with Crippen molar-refractivity contribution < 1.29 is 9.66 Å². The van der Waals surface area contributed by atoms with Gasteiger partial charge in [0.2, 0.25) is 0 Å². The molecule has 5 nitrogen and oxygen atoms in total. The molecule has 15 heavy (non-hydrogen) atoms.